The van der Waals surface area contributed by atoms with Crippen LogP contribution in [0.2, 0.25) is 0 Å². The minimum absolute atomic E-state index is 0.00457. The van der Waals surface area contributed by atoms with Crippen molar-refractivity contribution in [2.24, 2.45) is 0 Å². The Labute approximate surface area is 96.3 Å². The number of aromatic nitrogens is 3. The number of carbonyl (C=O) groups excluding carboxylic acids is 1. The lowest BCUT2D eigenvalue weighted by Crippen LogP contribution is -2.19. The van der Waals surface area contributed by atoms with Gasteiger partial charge in [-0.1, -0.05) is 6.07 Å². The number of nitrogen functional groups attached to an aromatic ring is 1. The second-order valence-electron chi connectivity index (χ2n) is 3.36. The monoisotopic (exact) mass is 235 g/mol. The summed E-state index contributed by atoms with van der Waals surface area (Å²) in [5.41, 5.74) is 5.92. The highest BCUT2D eigenvalue weighted by molar-refractivity contribution is 5.89. The largest absolute Gasteiger partial charge is 0.396 e. The van der Waals surface area contributed by atoms with Crippen molar-refractivity contribution in [1.29, 1.82) is 0 Å². The Morgan fingerprint density at radius 2 is 2.35 bits per heavy atom. The van der Waals surface area contributed by atoms with Crippen molar-refractivity contribution in [2.75, 3.05) is 11.1 Å². The lowest BCUT2D eigenvalue weighted by Gasteiger charge is -2.04. The molecular formula is C10H10FN5O. The van der Waals surface area contributed by atoms with Crippen LogP contribution in [0, 0.1) is 5.95 Å². The quantitative estimate of drug-likeness (QED) is 0.764. The number of anilines is 2. The zero-order valence-electron chi connectivity index (χ0n) is 8.80. The van der Waals surface area contributed by atoms with E-state index in [1.807, 2.05) is 0 Å². The van der Waals surface area contributed by atoms with E-state index in [0.29, 0.717) is 5.69 Å². The SMILES string of the molecule is Nc1cnn(CC(=O)Nc2cccc(F)n2)c1. The van der Waals surface area contributed by atoms with Crippen LogP contribution >= 0.6 is 0 Å². The van der Waals surface area contributed by atoms with E-state index in [4.69, 9.17) is 5.73 Å². The number of nitrogens with zero attached hydrogens (tertiary/aromatic N) is 3. The number of rotatable bonds is 3. The molecule has 17 heavy (non-hydrogen) atoms. The molecule has 0 radical (unpaired) electrons. The normalized spacial score (nSPS) is 10.2. The maximum atomic E-state index is 12.8. The van der Waals surface area contributed by atoms with Gasteiger partial charge in [0.15, 0.2) is 0 Å². The molecule has 2 aromatic heterocycles. The van der Waals surface area contributed by atoms with Gasteiger partial charge < -0.3 is 11.1 Å². The number of carbonyl (C=O) groups is 1. The topological polar surface area (TPSA) is 85.8 Å². The molecule has 0 aromatic carbocycles. The zero-order chi connectivity index (χ0) is 12.3. The molecule has 7 heteroatoms. The predicted octanol–water partition coefficient (Wildman–Crippen LogP) is 0.638. The molecule has 0 unspecified atom stereocenters. The van der Waals surface area contributed by atoms with Crippen molar-refractivity contribution in [3.8, 4) is 0 Å². The number of hydrogen-bond donors (Lipinski definition) is 2. The number of hydrogen-bond acceptors (Lipinski definition) is 4. The van der Waals surface area contributed by atoms with Crippen LogP contribution < -0.4 is 11.1 Å². The minimum Gasteiger partial charge on any atom is -0.396 e. The molecule has 0 fully saturated rings. The molecule has 0 aliphatic rings. The van der Waals surface area contributed by atoms with Crippen LogP contribution in [-0.4, -0.2) is 20.7 Å². The smallest absolute Gasteiger partial charge is 0.247 e. The van der Waals surface area contributed by atoms with Gasteiger partial charge in [0.25, 0.3) is 0 Å². The first-order valence-corrected chi connectivity index (χ1v) is 4.84. The maximum Gasteiger partial charge on any atom is 0.247 e. The number of nitrogens with two attached hydrogens (primary N) is 1. The molecule has 1 amide bonds. The third kappa shape index (κ3) is 3.00. The second kappa shape index (κ2) is 4.60. The first kappa shape index (κ1) is 11.1. The summed E-state index contributed by atoms with van der Waals surface area (Å²) in [6, 6.07) is 4.16. The lowest BCUT2D eigenvalue weighted by molar-refractivity contribution is -0.116. The second-order valence-corrected chi connectivity index (χ2v) is 3.36. The molecule has 2 aromatic rings. The van der Waals surface area contributed by atoms with Crippen LogP contribution in [0.15, 0.2) is 30.6 Å². The summed E-state index contributed by atoms with van der Waals surface area (Å²) in [7, 11) is 0. The predicted molar refractivity (Wildman–Crippen MR) is 59.5 cm³/mol. The summed E-state index contributed by atoms with van der Waals surface area (Å²) < 4.78 is 14.1. The molecule has 0 spiro atoms. The average Bonchev–Trinajstić information content (AvgIpc) is 2.63. The summed E-state index contributed by atoms with van der Waals surface area (Å²) in [6.45, 7) is -0.00457. The number of nitrogens with one attached hydrogen (secondary N) is 1. The fraction of sp³-hybridized carbons (Fsp3) is 0.100. The highest BCUT2D eigenvalue weighted by Crippen LogP contribution is 2.04. The first-order valence-electron chi connectivity index (χ1n) is 4.84. The van der Waals surface area contributed by atoms with Gasteiger partial charge in [0.1, 0.15) is 12.4 Å². The molecule has 0 atom stereocenters. The molecule has 0 aliphatic heterocycles. The van der Waals surface area contributed by atoms with E-state index in [1.165, 1.54) is 35.3 Å². The molecule has 0 saturated heterocycles. The van der Waals surface area contributed by atoms with Crippen LogP contribution in [0.4, 0.5) is 15.9 Å². The van der Waals surface area contributed by atoms with Crippen LogP contribution in [0.5, 0.6) is 0 Å². The van der Waals surface area contributed by atoms with Gasteiger partial charge in [-0.2, -0.15) is 9.49 Å². The van der Waals surface area contributed by atoms with Crippen molar-refractivity contribution in [2.45, 2.75) is 6.54 Å². The fourth-order valence-corrected chi connectivity index (χ4v) is 1.27. The van der Waals surface area contributed by atoms with Gasteiger partial charge in [-0.15, -0.1) is 0 Å². The van der Waals surface area contributed by atoms with E-state index < -0.39 is 5.95 Å². The fourth-order valence-electron chi connectivity index (χ4n) is 1.27. The summed E-state index contributed by atoms with van der Waals surface area (Å²) in [5, 5.41) is 6.30. The van der Waals surface area contributed by atoms with E-state index in [0.717, 1.165) is 0 Å². The average molecular weight is 235 g/mol. The summed E-state index contributed by atoms with van der Waals surface area (Å²) >= 11 is 0. The molecule has 2 heterocycles. The zero-order valence-corrected chi connectivity index (χ0v) is 8.80. The molecule has 0 saturated carbocycles. The highest BCUT2D eigenvalue weighted by Gasteiger charge is 2.05. The summed E-state index contributed by atoms with van der Waals surface area (Å²) in [5.74, 6) is -0.840. The Balaban J connectivity index is 1.98. The van der Waals surface area contributed by atoms with Gasteiger partial charge in [0.05, 0.1) is 11.9 Å². The Morgan fingerprint density at radius 3 is 3.00 bits per heavy atom. The lowest BCUT2D eigenvalue weighted by atomic mass is 10.4. The van der Waals surface area contributed by atoms with E-state index in [9.17, 15) is 9.18 Å². The Morgan fingerprint density at radius 1 is 1.53 bits per heavy atom. The van der Waals surface area contributed by atoms with Crippen molar-refractivity contribution in [3.05, 3.63) is 36.5 Å². The Hall–Kier alpha value is -2.44. The molecule has 6 nitrogen and oxygen atoms in total. The third-order valence-electron chi connectivity index (χ3n) is 1.94. The molecule has 3 N–H and O–H groups in total. The Bertz CT molecular complexity index is 539. The Kier molecular flexibility index (Phi) is 2.99. The first-order chi connectivity index (χ1) is 8.13. The number of pyridine rings is 1. The van der Waals surface area contributed by atoms with Crippen molar-refractivity contribution < 1.29 is 9.18 Å². The van der Waals surface area contributed by atoms with E-state index in [1.54, 1.807) is 0 Å². The van der Waals surface area contributed by atoms with Gasteiger partial charge in [0, 0.05) is 6.20 Å². The van der Waals surface area contributed by atoms with E-state index >= 15 is 0 Å². The summed E-state index contributed by atoms with van der Waals surface area (Å²) in [4.78, 5) is 15.0. The van der Waals surface area contributed by atoms with Gasteiger partial charge in [-0.25, -0.2) is 4.98 Å². The standard InChI is InChI=1S/C10H10FN5O/c11-8-2-1-3-9(14-8)15-10(17)6-16-5-7(12)4-13-16/h1-5H,6,12H2,(H,14,15,17). The maximum absolute atomic E-state index is 12.8. The molecule has 0 bridgehead atoms. The van der Waals surface area contributed by atoms with Gasteiger partial charge in [-0.05, 0) is 12.1 Å². The van der Waals surface area contributed by atoms with Crippen molar-refractivity contribution >= 4 is 17.4 Å². The van der Waals surface area contributed by atoms with Gasteiger partial charge in [0.2, 0.25) is 11.9 Å². The van der Waals surface area contributed by atoms with Crippen LogP contribution in [-0.2, 0) is 11.3 Å². The van der Waals surface area contributed by atoms with Crippen LogP contribution in [0.3, 0.4) is 0 Å². The van der Waals surface area contributed by atoms with Crippen LogP contribution in [0.25, 0.3) is 0 Å². The number of halogens is 1. The van der Waals surface area contributed by atoms with Crippen molar-refractivity contribution in [3.63, 3.8) is 0 Å². The third-order valence-corrected chi connectivity index (χ3v) is 1.94. The molecule has 0 aliphatic carbocycles. The van der Waals surface area contributed by atoms with Gasteiger partial charge in [-0.3, -0.25) is 9.48 Å². The molecule has 2 rings (SSSR count). The summed E-state index contributed by atoms with van der Waals surface area (Å²) in [6.07, 6.45) is 2.96. The molecule has 88 valence electrons. The minimum atomic E-state index is -0.647. The molecular weight excluding hydrogens is 225 g/mol. The van der Waals surface area contributed by atoms with E-state index in [2.05, 4.69) is 15.4 Å². The van der Waals surface area contributed by atoms with E-state index in [-0.39, 0.29) is 18.3 Å². The van der Waals surface area contributed by atoms with Gasteiger partial charge >= 0.3 is 0 Å². The van der Waals surface area contributed by atoms with Crippen LogP contribution in [0.1, 0.15) is 0 Å². The number of amides is 1. The highest BCUT2D eigenvalue weighted by atomic mass is 19.1. The van der Waals surface area contributed by atoms with Crippen molar-refractivity contribution in [1.82, 2.24) is 14.8 Å².